The van der Waals surface area contributed by atoms with Gasteiger partial charge in [-0.2, -0.15) is 0 Å². The Morgan fingerprint density at radius 3 is 2.48 bits per heavy atom. The van der Waals surface area contributed by atoms with E-state index in [0.29, 0.717) is 36.5 Å². The van der Waals surface area contributed by atoms with Gasteiger partial charge < -0.3 is 10.1 Å². The van der Waals surface area contributed by atoms with Gasteiger partial charge in [0.2, 0.25) is 10.0 Å². The quantitative estimate of drug-likeness (QED) is 0.610. The minimum atomic E-state index is -3.92. The van der Waals surface area contributed by atoms with Crippen LogP contribution in [0.2, 0.25) is 0 Å². The monoisotopic (exact) mass is 417 g/mol. The molecule has 1 heterocycles. The summed E-state index contributed by atoms with van der Waals surface area (Å²) in [5.41, 5.74) is 1.77. The van der Waals surface area contributed by atoms with Gasteiger partial charge in [-0.25, -0.2) is 18.4 Å². The number of benzene rings is 2. The molecule has 0 aliphatic carbocycles. The van der Waals surface area contributed by atoms with E-state index < -0.39 is 10.0 Å². The number of nitrogens with zero attached hydrogens (tertiary/aromatic N) is 1. The molecule has 2 aromatic carbocycles. The summed E-state index contributed by atoms with van der Waals surface area (Å²) in [7, 11) is -3.92. The largest absolute Gasteiger partial charge is 0.494 e. The number of nitrogens with two attached hydrogens (primary N) is 1. The van der Waals surface area contributed by atoms with Gasteiger partial charge in [0.25, 0.3) is 0 Å². The van der Waals surface area contributed by atoms with E-state index in [1.54, 1.807) is 29.2 Å². The number of amides is 2. The molecule has 8 heteroatoms. The molecule has 1 aliphatic rings. The number of primary sulfonamides is 1. The van der Waals surface area contributed by atoms with Gasteiger partial charge >= 0.3 is 6.03 Å². The summed E-state index contributed by atoms with van der Waals surface area (Å²) in [4.78, 5) is 13.6. The number of rotatable bonds is 9. The Hall–Kier alpha value is -2.58. The Morgan fingerprint density at radius 2 is 1.86 bits per heavy atom. The van der Waals surface area contributed by atoms with Crippen LogP contribution in [0.25, 0.3) is 11.1 Å². The van der Waals surface area contributed by atoms with Gasteiger partial charge in [-0.05, 0) is 42.3 Å². The molecule has 0 bridgehead atoms. The lowest BCUT2D eigenvalue weighted by Crippen LogP contribution is -2.27. The van der Waals surface area contributed by atoms with Crippen LogP contribution >= 0.6 is 0 Å². The van der Waals surface area contributed by atoms with Crippen LogP contribution in [0.1, 0.15) is 32.6 Å². The summed E-state index contributed by atoms with van der Waals surface area (Å²) in [6.45, 7) is 3.90. The third-order valence-electron chi connectivity index (χ3n) is 4.87. The lowest BCUT2D eigenvalue weighted by Gasteiger charge is -2.17. The number of urea groups is 1. The average molecular weight is 418 g/mol. The second-order valence-corrected chi connectivity index (χ2v) is 8.57. The van der Waals surface area contributed by atoms with Gasteiger partial charge in [0, 0.05) is 24.3 Å². The Bertz CT molecular complexity index is 958. The highest BCUT2D eigenvalue weighted by Gasteiger charge is 2.24. The third kappa shape index (κ3) is 5.27. The summed E-state index contributed by atoms with van der Waals surface area (Å²) in [5, 5.41) is 8.16. The molecule has 0 spiro atoms. The molecule has 3 rings (SSSR count). The van der Waals surface area contributed by atoms with Gasteiger partial charge in [-0.3, -0.25) is 4.90 Å². The lowest BCUT2D eigenvalue weighted by molar-refractivity contribution is 0.252. The van der Waals surface area contributed by atoms with E-state index in [-0.39, 0.29) is 10.9 Å². The predicted molar refractivity (Wildman–Crippen MR) is 114 cm³/mol. The zero-order valence-electron chi connectivity index (χ0n) is 16.6. The number of carbonyl (C=O) groups is 1. The maximum absolute atomic E-state index is 12.1. The standard InChI is InChI=1S/C21H27N3O4S/c1-2-3-4-5-14-28-18-9-6-16(7-10-18)19-15-17(24-13-12-23-21(24)25)8-11-20(19)29(22,26)27/h6-11,15H,2-5,12-14H2,1H3,(H,23,25)(H2,22,26,27). The normalized spacial score (nSPS) is 14.1. The van der Waals surface area contributed by atoms with Gasteiger partial charge in [0.15, 0.2) is 0 Å². The maximum Gasteiger partial charge on any atom is 0.321 e. The van der Waals surface area contributed by atoms with Crippen molar-refractivity contribution in [3.05, 3.63) is 42.5 Å². The number of hydrogen-bond donors (Lipinski definition) is 2. The number of sulfonamides is 1. The first-order valence-corrected chi connectivity index (χ1v) is 11.4. The van der Waals surface area contributed by atoms with Crippen LogP contribution in [0.3, 0.4) is 0 Å². The number of ether oxygens (including phenoxy) is 1. The number of hydrogen-bond acceptors (Lipinski definition) is 4. The zero-order valence-corrected chi connectivity index (χ0v) is 17.4. The molecule has 0 radical (unpaired) electrons. The Morgan fingerprint density at radius 1 is 1.10 bits per heavy atom. The molecule has 1 saturated heterocycles. The van der Waals surface area contributed by atoms with Crippen LogP contribution in [0.15, 0.2) is 47.4 Å². The third-order valence-corrected chi connectivity index (χ3v) is 5.84. The molecule has 3 N–H and O–H groups in total. The van der Waals surface area contributed by atoms with Crippen molar-refractivity contribution < 1.29 is 17.9 Å². The van der Waals surface area contributed by atoms with Gasteiger partial charge in [-0.1, -0.05) is 38.3 Å². The van der Waals surface area contributed by atoms with E-state index in [1.165, 1.54) is 18.9 Å². The molecule has 0 atom stereocenters. The second-order valence-electron chi connectivity index (χ2n) is 7.04. The first-order chi connectivity index (χ1) is 13.9. The number of anilines is 1. The summed E-state index contributed by atoms with van der Waals surface area (Å²) < 4.78 is 29.9. The highest BCUT2D eigenvalue weighted by molar-refractivity contribution is 7.89. The van der Waals surface area contributed by atoms with Crippen molar-refractivity contribution >= 4 is 21.7 Å². The van der Waals surface area contributed by atoms with E-state index in [4.69, 9.17) is 9.88 Å². The highest BCUT2D eigenvalue weighted by Crippen LogP contribution is 2.32. The average Bonchev–Trinajstić information content (AvgIpc) is 3.13. The molecule has 1 fully saturated rings. The topological polar surface area (TPSA) is 102 Å². The molecule has 1 aliphatic heterocycles. The van der Waals surface area contributed by atoms with E-state index >= 15 is 0 Å². The fourth-order valence-corrected chi connectivity index (χ4v) is 4.07. The number of nitrogens with one attached hydrogen (secondary N) is 1. The van der Waals surface area contributed by atoms with E-state index in [1.807, 2.05) is 12.1 Å². The molecule has 29 heavy (non-hydrogen) atoms. The Labute approximate surface area is 171 Å². The fourth-order valence-electron chi connectivity index (χ4n) is 3.33. The minimum Gasteiger partial charge on any atom is -0.494 e. The molecule has 2 aromatic rings. The fraction of sp³-hybridized carbons (Fsp3) is 0.381. The SMILES string of the molecule is CCCCCCOc1ccc(-c2cc(N3CCNC3=O)ccc2S(N)(=O)=O)cc1. The summed E-state index contributed by atoms with van der Waals surface area (Å²) in [6.07, 6.45) is 4.53. The number of carbonyl (C=O) groups excluding carboxylic acids is 1. The molecule has 0 unspecified atom stereocenters. The maximum atomic E-state index is 12.1. The Balaban J connectivity index is 1.84. The van der Waals surface area contributed by atoms with Crippen LogP contribution in [-0.4, -0.2) is 34.1 Å². The van der Waals surface area contributed by atoms with Crippen LogP contribution in [-0.2, 0) is 10.0 Å². The molecule has 0 aromatic heterocycles. The molecule has 2 amide bonds. The number of unbranched alkanes of at least 4 members (excludes halogenated alkanes) is 3. The van der Waals surface area contributed by atoms with Gasteiger partial charge in [0.1, 0.15) is 5.75 Å². The summed E-state index contributed by atoms with van der Waals surface area (Å²) in [5.74, 6) is 0.734. The highest BCUT2D eigenvalue weighted by atomic mass is 32.2. The van der Waals surface area contributed by atoms with Crippen molar-refractivity contribution in [2.45, 2.75) is 37.5 Å². The van der Waals surface area contributed by atoms with Crippen LogP contribution < -0.4 is 20.1 Å². The van der Waals surface area contributed by atoms with E-state index in [0.717, 1.165) is 18.6 Å². The molecular weight excluding hydrogens is 390 g/mol. The minimum absolute atomic E-state index is 0.0223. The first-order valence-electron chi connectivity index (χ1n) is 9.85. The van der Waals surface area contributed by atoms with Crippen molar-refractivity contribution in [3.63, 3.8) is 0 Å². The van der Waals surface area contributed by atoms with Crippen molar-refractivity contribution in [2.24, 2.45) is 5.14 Å². The van der Waals surface area contributed by atoms with Crippen molar-refractivity contribution in [3.8, 4) is 16.9 Å². The molecule has 7 nitrogen and oxygen atoms in total. The first kappa shape index (κ1) is 21.1. The zero-order chi connectivity index (χ0) is 20.9. The predicted octanol–water partition coefficient (Wildman–Crippen LogP) is 3.49. The van der Waals surface area contributed by atoms with E-state index in [2.05, 4.69) is 12.2 Å². The van der Waals surface area contributed by atoms with Crippen molar-refractivity contribution in [1.82, 2.24) is 5.32 Å². The summed E-state index contributed by atoms with van der Waals surface area (Å²) in [6, 6.07) is 11.8. The summed E-state index contributed by atoms with van der Waals surface area (Å²) >= 11 is 0. The van der Waals surface area contributed by atoms with Crippen LogP contribution in [0.4, 0.5) is 10.5 Å². The van der Waals surface area contributed by atoms with Gasteiger partial charge in [0.05, 0.1) is 11.5 Å². The van der Waals surface area contributed by atoms with E-state index in [9.17, 15) is 13.2 Å². The Kier molecular flexibility index (Phi) is 6.76. The molecular formula is C21H27N3O4S. The smallest absolute Gasteiger partial charge is 0.321 e. The molecule has 156 valence electrons. The van der Waals surface area contributed by atoms with Crippen LogP contribution in [0, 0.1) is 0 Å². The van der Waals surface area contributed by atoms with Crippen LogP contribution in [0.5, 0.6) is 5.75 Å². The van der Waals surface area contributed by atoms with Gasteiger partial charge in [-0.15, -0.1) is 0 Å². The van der Waals surface area contributed by atoms with Crippen molar-refractivity contribution in [1.29, 1.82) is 0 Å². The molecule has 0 saturated carbocycles. The second kappa shape index (κ2) is 9.28. The lowest BCUT2D eigenvalue weighted by atomic mass is 10.0. The van der Waals surface area contributed by atoms with Crippen molar-refractivity contribution in [2.75, 3.05) is 24.6 Å².